The minimum atomic E-state index is -0.737. The smallest absolute Gasteiger partial charge is 0.312 e. The first-order valence-electron chi connectivity index (χ1n) is 9.70. The number of primary amides is 1. The van der Waals surface area contributed by atoms with E-state index in [1.54, 1.807) is 19.1 Å². The van der Waals surface area contributed by atoms with Gasteiger partial charge in [-0.2, -0.15) is 0 Å². The van der Waals surface area contributed by atoms with E-state index < -0.39 is 11.4 Å². The fourth-order valence-electron chi connectivity index (χ4n) is 4.33. The molecule has 3 rings (SSSR count). The van der Waals surface area contributed by atoms with E-state index in [1.807, 2.05) is 23.1 Å². The van der Waals surface area contributed by atoms with Gasteiger partial charge in [0, 0.05) is 31.7 Å². The Balaban J connectivity index is 1.71. The van der Waals surface area contributed by atoms with Crippen LogP contribution < -0.4 is 20.5 Å². The number of carbonyl (C=O) groups is 3. The summed E-state index contributed by atoms with van der Waals surface area (Å²) < 4.78 is 10.9. The van der Waals surface area contributed by atoms with E-state index in [0.717, 1.165) is 18.4 Å². The number of piperidine rings is 1. The largest absolute Gasteiger partial charge is 0.493 e. The zero-order valence-corrected chi connectivity index (χ0v) is 16.9. The number of amides is 4. The molecule has 2 fully saturated rings. The number of para-hydroxylation sites is 1. The molecule has 2 heterocycles. The minimum Gasteiger partial charge on any atom is -0.493 e. The summed E-state index contributed by atoms with van der Waals surface area (Å²) in [6.45, 7) is 1.82. The summed E-state index contributed by atoms with van der Waals surface area (Å²) in [5, 5.41) is 2.32. The number of nitrogens with two attached hydrogens (primary N) is 1. The Morgan fingerprint density at radius 3 is 2.69 bits per heavy atom. The van der Waals surface area contributed by atoms with Crippen molar-refractivity contribution in [1.82, 2.24) is 15.1 Å². The van der Waals surface area contributed by atoms with Crippen molar-refractivity contribution in [2.75, 3.05) is 40.4 Å². The van der Waals surface area contributed by atoms with E-state index in [0.29, 0.717) is 44.1 Å². The second kappa shape index (κ2) is 8.59. The predicted octanol–water partition coefficient (Wildman–Crippen LogP) is 0.713. The first kappa shape index (κ1) is 20.8. The number of nitrogens with zero attached hydrogens (tertiary/aromatic N) is 2. The normalized spacial score (nSPS) is 21.4. The second-order valence-corrected chi connectivity index (χ2v) is 7.55. The lowest BCUT2D eigenvalue weighted by Gasteiger charge is -2.39. The highest BCUT2D eigenvalue weighted by Crippen LogP contribution is 2.41. The third kappa shape index (κ3) is 4.23. The Morgan fingerprint density at radius 1 is 1.21 bits per heavy atom. The molecule has 29 heavy (non-hydrogen) atoms. The monoisotopic (exact) mass is 404 g/mol. The van der Waals surface area contributed by atoms with Crippen LogP contribution in [0.15, 0.2) is 18.2 Å². The molecule has 0 saturated carbocycles. The van der Waals surface area contributed by atoms with Crippen LogP contribution in [0.1, 0.15) is 24.8 Å². The molecule has 1 spiro atoms. The van der Waals surface area contributed by atoms with Gasteiger partial charge in [0.2, 0.25) is 11.8 Å². The van der Waals surface area contributed by atoms with Gasteiger partial charge < -0.3 is 30.3 Å². The van der Waals surface area contributed by atoms with Gasteiger partial charge in [-0.25, -0.2) is 4.79 Å². The quantitative estimate of drug-likeness (QED) is 0.725. The average molecular weight is 404 g/mol. The molecule has 3 N–H and O–H groups in total. The highest BCUT2D eigenvalue weighted by molar-refractivity contribution is 5.87. The molecule has 2 aliphatic heterocycles. The highest BCUT2D eigenvalue weighted by Gasteiger charge is 2.49. The molecule has 0 aliphatic carbocycles. The standard InChI is InChI=1S/C20H28N4O5/c1-28-15-6-3-5-14(17(15)29-2)12-23-9-4-7-20(18(23)26)8-10-24(13-20)16(25)11-22-19(21)27/h3,5-6H,4,7-13H2,1-2H3,(H3,21,22,27). The molecule has 1 aromatic carbocycles. The van der Waals surface area contributed by atoms with Crippen LogP contribution in [-0.2, 0) is 16.1 Å². The lowest BCUT2D eigenvalue weighted by atomic mass is 9.78. The van der Waals surface area contributed by atoms with Crippen molar-refractivity contribution in [1.29, 1.82) is 0 Å². The second-order valence-electron chi connectivity index (χ2n) is 7.55. The third-order valence-electron chi connectivity index (χ3n) is 5.79. The number of urea groups is 1. The number of hydrogen-bond acceptors (Lipinski definition) is 5. The summed E-state index contributed by atoms with van der Waals surface area (Å²) in [7, 11) is 3.17. The summed E-state index contributed by atoms with van der Waals surface area (Å²) in [4.78, 5) is 40.0. The van der Waals surface area contributed by atoms with Crippen LogP contribution in [0.5, 0.6) is 11.5 Å². The molecule has 0 radical (unpaired) electrons. The lowest BCUT2D eigenvalue weighted by molar-refractivity contribution is -0.146. The van der Waals surface area contributed by atoms with Gasteiger partial charge in [-0.1, -0.05) is 12.1 Å². The maximum atomic E-state index is 13.4. The van der Waals surface area contributed by atoms with Gasteiger partial charge in [0.15, 0.2) is 11.5 Å². The zero-order chi connectivity index (χ0) is 21.0. The van der Waals surface area contributed by atoms with Gasteiger partial charge >= 0.3 is 6.03 Å². The zero-order valence-electron chi connectivity index (χ0n) is 16.9. The summed E-state index contributed by atoms with van der Waals surface area (Å²) in [6.07, 6.45) is 2.25. The Hall–Kier alpha value is -2.97. The summed E-state index contributed by atoms with van der Waals surface area (Å²) >= 11 is 0. The SMILES string of the molecule is COc1cccc(CN2CCCC3(CCN(C(=O)CNC(N)=O)C3)C2=O)c1OC. The van der Waals surface area contributed by atoms with Crippen molar-refractivity contribution >= 4 is 17.8 Å². The van der Waals surface area contributed by atoms with E-state index in [2.05, 4.69) is 5.32 Å². The molecule has 9 heteroatoms. The number of ether oxygens (including phenoxy) is 2. The number of hydrogen-bond donors (Lipinski definition) is 2. The summed E-state index contributed by atoms with van der Waals surface area (Å²) in [6, 6.07) is 4.89. The van der Waals surface area contributed by atoms with Crippen LogP contribution in [0.2, 0.25) is 0 Å². The van der Waals surface area contributed by atoms with Gasteiger partial charge in [-0.05, 0) is 25.3 Å². The molecule has 9 nitrogen and oxygen atoms in total. The molecule has 2 saturated heterocycles. The van der Waals surface area contributed by atoms with Crippen molar-refractivity contribution < 1.29 is 23.9 Å². The Labute approximate surface area is 170 Å². The number of carbonyl (C=O) groups excluding carboxylic acids is 3. The van der Waals surface area contributed by atoms with Crippen molar-refractivity contribution in [3.8, 4) is 11.5 Å². The van der Waals surface area contributed by atoms with Crippen LogP contribution >= 0.6 is 0 Å². The van der Waals surface area contributed by atoms with Crippen molar-refractivity contribution in [3.63, 3.8) is 0 Å². The molecular formula is C20H28N4O5. The number of nitrogens with one attached hydrogen (secondary N) is 1. The average Bonchev–Trinajstić information content (AvgIpc) is 3.14. The topological polar surface area (TPSA) is 114 Å². The number of methoxy groups -OCH3 is 2. The Bertz CT molecular complexity index is 799. The molecule has 1 aromatic rings. The summed E-state index contributed by atoms with van der Waals surface area (Å²) in [5.41, 5.74) is 5.35. The summed E-state index contributed by atoms with van der Waals surface area (Å²) in [5.74, 6) is 1.10. The fourth-order valence-corrected chi connectivity index (χ4v) is 4.33. The van der Waals surface area contributed by atoms with Crippen LogP contribution in [0.4, 0.5) is 4.79 Å². The number of likely N-dealkylation sites (tertiary alicyclic amines) is 2. The van der Waals surface area contributed by atoms with Crippen molar-refractivity contribution in [2.45, 2.75) is 25.8 Å². The first-order chi connectivity index (χ1) is 13.9. The lowest BCUT2D eigenvalue weighted by Crippen LogP contribution is -2.50. The molecule has 0 aromatic heterocycles. The van der Waals surface area contributed by atoms with Crippen LogP contribution in [0, 0.1) is 5.41 Å². The van der Waals surface area contributed by atoms with Gasteiger partial charge in [-0.3, -0.25) is 9.59 Å². The van der Waals surface area contributed by atoms with Crippen LogP contribution in [0.3, 0.4) is 0 Å². The Kier molecular flexibility index (Phi) is 6.14. The first-order valence-corrected chi connectivity index (χ1v) is 9.70. The number of benzene rings is 1. The molecular weight excluding hydrogens is 376 g/mol. The van der Waals surface area contributed by atoms with Crippen LogP contribution in [-0.4, -0.2) is 68.0 Å². The van der Waals surface area contributed by atoms with Gasteiger partial charge in [-0.15, -0.1) is 0 Å². The highest BCUT2D eigenvalue weighted by atomic mass is 16.5. The van der Waals surface area contributed by atoms with Gasteiger partial charge in [0.25, 0.3) is 0 Å². The molecule has 1 atom stereocenters. The fraction of sp³-hybridized carbons (Fsp3) is 0.550. The maximum Gasteiger partial charge on any atom is 0.312 e. The van der Waals surface area contributed by atoms with Crippen LogP contribution in [0.25, 0.3) is 0 Å². The van der Waals surface area contributed by atoms with E-state index in [-0.39, 0.29) is 18.4 Å². The van der Waals surface area contributed by atoms with Crippen molar-refractivity contribution in [2.24, 2.45) is 11.1 Å². The third-order valence-corrected chi connectivity index (χ3v) is 5.79. The van der Waals surface area contributed by atoms with E-state index in [4.69, 9.17) is 15.2 Å². The van der Waals surface area contributed by atoms with E-state index in [9.17, 15) is 14.4 Å². The van der Waals surface area contributed by atoms with Gasteiger partial charge in [0.1, 0.15) is 0 Å². The molecule has 158 valence electrons. The number of rotatable bonds is 6. The van der Waals surface area contributed by atoms with Gasteiger partial charge in [0.05, 0.1) is 26.2 Å². The predicted molar refractivity (Wildman–Crippen MR) is 105 cm³/mol. The minimum absolute atomic E-state index is 0.0618. The van der Waals surface area contributed by atoms with E-state index in [1.165, 1.54) is 0 Å². The Morgan fingerprint density at radius 2 is 2.00 bits per heavy atom. The molecule has 2 aliphatic rings. The molecule has 4 amide bonds. The molecule has 0 bridgehead atoms. The maximum absolute atomic E-state index is 13.4. The van der Waals surface area contributed by atoms with Crippen molar-refractivity contribution in [3.05, 3.63) is 23.8 Å². The van der Waals surface area contributed by atoms with E-state index >= 15 is 0 Å². The molecule has 1 unspecified atom stereocenters.